The minimum Gasteiger partial charge on any atom is -0.478 e. The molecule has 29 heavy (non-hydrogen) atoms. The maximum absolute atomic E-state index is 12.2. The first kappa shape index (κ1) is 23.0. The van der Waals surface area contributed by atoms with Crippen molar-refractivity contribution < 1.29 is 14.7 Å². The number of alkyl halides is 3. The number of para-hydroxylation sites is 1. The Labute approximate surface area is 187 Å². The Morgan fingerprint density at radius 2 is 1.62 bits per heavy atom. The van der Waals surface area contributed by atoms with E-state index in [1.165, 1.54) is 18.2 Å². The molecule has 10 heteroatoms. The molecule has 0 aromatic heterocycles. The predicted octanol–water partition coefficient (Wildman–Crippen LogP) is 4.20. The summed E-state index contributed by atoms with van der Waals surface area (Å²) in [6, 6.07) is 15.3. The third kappa shape index (κ3) is 7.55. The number of amides is 1. The van der Waals surface area contributed by atoms with E-state index in [1.807, 2.05) is 30.3 Å². The molecule has 2 aromatic rings. The van der Waals surface area contributed by atoms with Gasteiger partial charge in [-0.2, -0.15) is 0 Å². The van der Waals surface area contributed by atoms with Gasteiger partial charge in [-0.25, -0.2) is 4.79 Å². The molecule has 1 atom stereocenters. The Morgan fingerprint density at radius 3 is 2.24 bits per heavy atom. The summed E-state index contributed by atoms with van der Waals surface area (Å²) in [5.74, 6) is -1.65. The summed E-state index contributed by atoms with van der Waals surface area (Å²) >= 11 is 23.0. The number of halogens is 3. The summed E-state index contributed by atoms with van der Waals surface area (Å²) in [7, 11) is 0. The largest absolute Gasteiger partial charge is 0.478 e. The molecule has 0 aliphatic rings. The molecule has 0 aliphatic heterocycles. The van der Waals surface area contributed by atoms with Gasteiger partial charge in [-0.05, 0) is 36.0 Å². The standard InChI is InChI=1S/C19H16Cl3N3O3S/c20-19(21,22)17(24-15(26)11-10-12-6-2-1-3-7-12)25-18(29)23-14-9-5-4-8-13(14)16(27)28/h1-11,17H,(H,24,26)(H,27,28)(H2,23,25,29). The highest BCUT2D eigenvalue weighted by Gasteiger charge is 2.34. The summed E-state index contributed by atoms with van der Waals surface area (Å²) < 4.78 is -1.94. The van der Waals surface area contributed by atoms with Crippen molar-refractivity contribution in [1.82, 2.24) is 10.6 Å². The number of hydrogen-bond acceptors (Lipinski definition) is 3. The fraction of sp³-hybridized carbons (Fsp3) is 0.105. The van der Waals surface area contributed by atoms with E-state index in [2.05, 4.69) is 16.0 Å². The second-order valence-corrected chi connectivity index (χ2v) is 8.45. The number of thiocarbonyl (C=S) groups is 1. The van der Waals surface area contributed by atoms with Crippen molar-refractivity contribution in [2.24, 2.45) is 0 Å². The number of benzene rings is 2. The normalized spacial score (nSPS) is 12.2. The van der Waals surface area contributed by atoms with Crippen LogP contribution in [0.3, 0.4) is 0 Å². The van der Waals surface area contributed by atoms with Gasteiger partial charge in [-0.3, -0.25) is 4.79 Å². The van der Waals surface area contributed by atoms with E-state index in [4.69, 9.17) is 47.0 Å². The van der Waals surface area contributed by atoms with Crippen LogP contribution >= 0.6 is 47.0 Å². The summed E-state index contributed by atoms with van der Waals surface area (Å²) in [4.78, 5) is 23.5. The number of carbonyl (C=O) groups excluding carboxylic acids is 1. The molecular formula is C19H16Cl3N3O3S. The van der Waals surface area contributed by atoms with Crippen LogP contribution in [0.2, 0.25) is 0 Å². The monoisotopic (exact) mass is 471 g/mol. The lowest BCUT2D eigenvalue weighted by Gasteiger charge is -2.27. The summed E-state index contributed by atoms with van der Waals surface area (Å²) in [5.41, 5.74) is 1.08. The maximum atomic E-state index is 12.2. The highest BCUT2D eigenvalue weighted by atomic mass is 35.6. The van der Waals surface area contributed by atoms with Gasteiger partial charge >= 0.3 is 5.97 Å². The number of anilines is 1. The number of nitrogens with one attached hydrogen (secondary N) is 3. The molecule has 2 aromatic carbocycles. The molecule has 152 valence electrons. The zero-order chi connectivity index (χ0) is 21.4. The molecule has 2 rings (SSSR count). The summed E-state index contributed by atoms with van der Waals surface area (Å²) in [6.45, 7) is 0. The summed E-state index contributed by atoms with van der Waals surface area (Å²) in [5, 5.41) is 17.1. The molecule has 4 N–H and O–H groups in total. The first-order valence-corrected chi connectivity index (χ1v) is 9.71. The lowest BCUT2D eigenvalue weighted by atomic mass is 10.2. The molecule has 0 bridgehead atoms. The van der Waals surface area contributed by atoms with Crippen molar-refractivity contribution >= 4 is 75.8 Å². The van der Waals surface area contributed by atoms with Gasteiger partial charge < -0.3 is 21.1 Å². The lowest BCUT2D eigenvalue weighted by Crippen LogP contribution is -2.55. The SMILES string of the molecule is O=C(C=Cc1ccccc1)NC(NC(=S)Nc1ccccc1C(=O)O)C(Cl)(Cl)Cl. The first-order valence-electron chi connectivity index (χ1n) is 8.17. The Hall–Kier alpha value is -2.32. The zero-order valence-corrected chi connectivity index (χ0v) is 17.8. The van der Waals surface area contributed by atoms with Gasteiger partial charge in [-0.15, -0.1) is 0 Å². The van der Waals surface area contributed by atoms with Gasteiger partial charge in [-0.1, -0.05) is 77.3 Å². The highest BCUT2D eigenvalue weighted by Crippen LogP contribution is 2.29. The molecule has 0 radical (unpaired) electrons. The first-order chi connectivity index (χ1) is 13.7. The van der Waals surface area contributed by atoms with Crippen molar-refractivity contribution in [3.63, 3.8) is 0 Å². The number of aromatic carboxylic acids is 1. The van der Waals surface area contributed by atoms with Crippen LogP contribution in [-0.4, -0.2) is 32.1 Å². The van der Waals surface area contributed by atoms with Gasteiger partial charge in [0.25, 0.3) is 0 Å². The average molecular weight is 473 g/mol. The van der Waals surface area contributed by atoms with E-state index in [0.29, 0.717) is 0 Å². The molecular weight excluding hydrogens is 457 g/mol. The van der Waals surface area contributed by atoms with E-state index < -0.39 is 21.8 Å². The maximum Gasteiger partial charge on any atom is 0.337 e. The minimum atomic E-state index is -1.94. The quantitative estimate of drug-likeness (QED) is 0.218. The Kier molecular flexibility index (Phi) is 8.28. The topological polar surface area (TPSA) is 90.5 Å². The molecule has 0 fully saturated rings. The van der Waals surface area contributed by atoms with Crippen molar-refractivity contribution in [2.75, 3.05) is 5.32 Å². The fourth-order valence-electron chi connectivity index (χ4n) is 2.19. The molecule has 1 unspecified atom stereocenters. The second-order valence-electron chi connectivity index (χ2n) is 5.68. The van der Waals surface area contributed by atoms with E-state index in [9.17, 15) is 14.7 Å². The molecule has 1 amide bonds. The second kappa shape index (κ2) is 10.5. The van der Waals surface area contributed by atoms with Crippen LogP contribution in [0.1, 0.15) is 15.9 Å². The van der Waals surface area contributed by atoms with Gasteiger partial charge in [0.2, 0.25) is 9.70 Å². The Balaban J connectivity index is 2.05. The zero-order valence-electron chi connectivity index (χ0n) is 14.7. The molecule has 0 spiro atoms. The Bertz CT molecular complexity index is 918. The average Bonchev–Trinajstić information content (AvgIpc) is 2.66. The van der Waals surface area contributed by atoms with E-state index >= 15 is 0 Å². The van der Waals surface area contributed by atoms with Crippen molar-refractivity contribution in [3.8, 4) is 0 Å². The van der Waals surface area contributed by atoms with Gasteiger partial charge in [0.1, 0.15) is 6.17 Å². The van der Waals surface area contributed by atoms with Gasteiger partial charge in [0.05, 0.1) is 11.3 Å². The predicted molar refractivity (Wildman–Crippen MR) is 120 cm³/mol. The van der Waals surface area contributed by atoms with Gasteiger partial charge in [0, 0.05) is 6.08 Å². The molecule has 0 saturated carbocycles. The van der Waals surface area contributed by atoms with Crippen LogP contribution in [0.15, 0.2) is 60.7 Å². The smallest absolute Gasteiger partial charge is 0.337 e. The van der Waals surface area contributed by atoms with Crippen LogP contribution in [-0.2, 0) is 4.79 Å². The summed E-state index contributed by atoms with van der Waals surface area (Å²) in [6.07, 6.45) is 1.71. The Morgan fingerprint density at radius 1 is 1.00 bits per heavy atom. The number of carboxylic acids is 1. The number of carboxylic acid groups (broad SMARTS) is 1. The van der Waals surface area contributed by atoms with Crippen molar-refractivity contribution in [3.05, 3.63) is 71.8 Å². The lowest BCUT2D eigenvalue weighted by molar-refractivity contribution is -0.117. The molecule has 0 saturated heterocycles. The molecule has 0 heterocycles. The van der Waals surface area contributed by atoms with Crippen LogP contribution in [0.5, 0.6) is 0 Å². The van der Waals surface area contributed by atoms with E-state index in [-0.39, 0.29) is 16.4 Å². The third-order valence-corrected chi connectivity index (χ3v) is 4.40. The van der Waals surface area contributed by atoms with Crippen molar-refractivity contribution in [2.45, 2.75) is 9.96 Å². The minimum absolute atomic E-state index is 0.0110. The van der Waals surface area contributed by atoms with Crippen LogP contribution < -0.4 is 16.0 Å². The third-order valence-electron chi connectivity index (χ3n) is 3.52. The van der Waals surface area contributed by atoms with E-state index in [0.717, 1.165) is 5.56 Å². The fourth-order valence-corrected chi connectivity index (χ4v) is 2.75. The van der Waals surface area contributed by atoms with Crippen LogP contribution in [0.25, 0.3) is 6.08 Å². The number of carbonyl (C=O) groups is 2. The van der Waals surface area contributed by atoms with Crippen LogP contribution in [0.4, 0.5) is 5.69 Å². The number of hydrogen-bond donors (Lipinski definition) is 4. The highest BCUT2D eigenvalue weighted by molar-refractivity contribution is 7.80. The molecule has 0 aliphatic carbocycles. The molecule has 6 nitrogen and oxygen atoms in total. The van der Waals surface area contributed by atoms with Crippen molar-refractivity contribution in [1.29, 1.82) is 0 Å². The number of rotatable bonds is 6. The van der Waals surface area contributed by atoms with Crippen LogP contribution in [0, 0.1) is 0 Å². The van der Waals surface area contributed by atoms with Gasteiger partial charge in [0.15, 0.2) is 5.11 Å². The van der Waals surface area contributed by atoms with E-state index in [1.54, 1.807) is 18.2 Å².